The molecule has 0 aliphatic carbocycles. The van der Waals surface area contributed by atoms with Crippen molar-refractivity contribution in [3.05, 3.63) is 12.3 Å². The van der Waals surface area contributed by atoms with Crippen molar-refractivity contribution in [3.63, 3.8) is 0 Å². The highest BCUT2D eigenvalue weighted by Crippen LogP contribution is 2.15. The maximum absolute atomic E-state index is 10.8. The van der Waals surface area contributed by atoms with Gasteiger partial charge >= 0.3 is 0 Å². The summed E-state index contributed by atoms with van der Waals surface area (Å²) in [4.78, 5) is 10.8. The van der Waals surface area contributed by atoms with Crippen LogP contribution in [0.5, 0.6) is 0 Å². The predicted molar refractivity (Wildman–Crippen MR) is 40.5 cm³/mol. The quantitative estimate of drug-likeness (QED) is 0.589. The Labute approximate surface area is 61.3 Å². The van der Waals surface area contributed by atoms with Crippen molar-refractivity contribution in [3.8, 4) is 0 Å². The number of carbonyl (C=O) groups is 1. The molecule has 1 aliphatic heterocycles. The molecule has 2 heteroatoms. The Hall–Kier alpha value is -0.790. The van der Waals surface area contributed by atoms with E-state index in [1.54, 1.807) is 6.92 Å². The van der Waals surface area contributed by atoms with Crippen LogP contribution < -0.4 is 5.32 Å². The Morgan fingerprint density at radius 2 is 2.50 bits per heavy atom. The van der Waals surface area contributed by atoms with Crippen LogP contribution in [0.15, 0.2) is 12.3 Å². The number of allylic oxidation sites excluding steroid dienone is 1. The zero-order valence-electron chi connectivity index (χ0n) is 6.31. The van der Waals surface area contributed by atoms with Crippen LogP contribution in [0, 0.1) is 5.92 Å². The lowest BCUT2D eigenvalue weighted by Gasteiger charge is -2.22. The van der Waals surface area contributed by atoms with Gasteiger partial charge in [0, 0.05) is 18.2 Å². The minimum absolute atomic E-state index is 0.227. The van der Waals surface area contributed by atoms with Gasteiger partial charge in [0.05, 0.1) is 0 Å². The van der Waals surface area contributed by atoms with E-state index in [2.05, 4.69) is 11.9 Å². The lowest BCUT2D eigenvalue weighted by Crippen LogP contribution is -2.31. The normalized spacial score (nSPS) is 25.7. The molecule has 10 heavy (non-hydrogen) atoms. The van der Waals surface area contributed by atoms with Crippen LogP contribution in [0.25, 0.3) is 0 Å². The van der Waals surface area contributed by atoms with Gasteiger partial charge in [-0.3, -0.25) is 4.79 Å². The van der Waals surface area contributed by atoms with Crippen molar-refractivity contribution in [1.29, 1.82) is 0 Å². The second kappa shape index (κ2) is 2.86. The van der Waals surface area contributed by atoms with E-state index in [0.717, 1.165) is 25.1 Å². The topological polar surface area (TPSA) is 29.1 Å². The van der Waals surface area contributed by atoms with Crippen molar-refractivity contribution in [1.82, 2.24) is 5.32 Å². The third-order valence-electron chi connectivity index (χ3n) is 1.97. The Balaban J connectivity index is 2.40. The van der Waals surface area contributed by atoms with E-state index in [1.165, 1.54) is 0 Å². The van der Waals surface area contributed by atoms with Crippen LogP contribution in [-0.2, 0) is 4.79 Å². The average molecular weight is 139 g/mol. The summed E-state index contributed by atoms with van der Waals surface area (Å²) in [5.74, 6) is 0.519. The van der Waals surface area contributed by atoms with Crippen LogP contribution in [0.4, 0.5) is 0 Å². The molecule has 1 N–H and O–H groups in total. The van der Waals surface area contributed by atoms with Gasteiger partial charge in [-0.1, -0.05) is 6.58 Å². The largest absolute Gasteiger partial charge is 0.388 e. The van der Waals surface area contributed by atoms with Crippen molar-refractivity contribution in [2.75, 3.05) is 6.54 Å². The lowest BCUT2D eigenvalue weighted by atomic mass is 9.95. The summed E-state index contributed by atoms with van der Waals surface area (Å²) in [7, 11) is 0. The Bertz CT molecular complexity index is 153. The molecule has 1 atom stereocenters. The molecular weight excluding hydrogens is 126 g/mol. The molecule has 1 rings (SSSR count). The number of carbonyl (C=O) groups excluding carboxylic acids is 1. The van der Waals surface area contributed by atoms with Gasteiger partial charge in [0.1, 0.15) is 5.78 Å². The van der Waals surface area contributed by atoms with E-state index in [9.17, 15) is 4.79 Å². The SMILES string of the molecule is C=C1CCC(C(C)=O)CN1. The van der Waals surface area contributed by atoms with Crippen LogP contribution in [-0.4, -0.2) is 12.3 Å². The fourth-order valence-corrected chi connectivity index (χ4v) is 1.15. The van der Waals surface area contributed by atoms with Gasteiger partial charge in [-0.25, -0.2) is 0 Å². The van der Waals surface area contributed by atoms with Gasteiger partial charge in [-0.15, -0.1) is 0 Å². The number of Topliss-reactive ketones (excluding diaryl/α,β-unsaturated/α-hetero) is 1. The first-order chi connectivity index (χ1) is 4.70. The van der Waals surface area contributed by atoms with E-state index >= 15 is 0 Å². The zero-order chi connectivity index (χ0) is 7.56. The molecule has 0 aromatic rings. The molecule has 0 bridgehead atoms. The Morgan fingerprint density at radius 1 is 1.80 bits per heavy atom. The number of hydrogen-bond acceptors (Lipinski definition) is 2. The highest BCUT2D eigenvalue weighted by atomic mass is 16.1. The first-order valence-corrected chi connectivity index (χ1v) is 3.62. The fourth-order valence-electron chi connectivity index (χ4n) is 1.15. The van der Waals surface area contributed by atoms with E-state index in [1.807, 2.05) is 0 Å². The van der Waals surface area contributed by atoms with Gasteiger partial charge in [0.2, 0.25) is 0 Å². The maximum Gasteiger partial charge on any atom is 0.134 e. The number of hydrogen-bond donors (Lipinski definition) is 1. The van der Waals surface area contributed by atoms with E-state index in [0.29, 0.717) is 5.78 Å². The highest BCUT2D eigenvalue weighted by Gasteiger charge is 2.17. The van der Waals surface area contributed by atoms with Gasteiger partial charge in [0.15, 0.2) is 0 Å². The lowest BCUT2D eigenvalue weighted by molar-refractivity contribution is -0.121. The summed E-state index contributed by atoms with van der Waals surface area (Å²) in [6.07, 6.45) is 1.92. The van der Waals surface area contributed by atoms with Gasteiger partial charge in [-0.2, -0.15) is 0 Å². The van der Waals surface area contributed by atoms with Crippen molar-refractivity contribution in [2.45, 2.75) is 19.8 Å². The number of piperidine rings is 1. The standard InChI is InChI=1S/C8H13NO/c1-6-3-4-8(5-9-6)7(2)10/h8-9H,1,3-5H2,2H3. The van der Waals surface area contributed by atoms with Gasteiger partial charge in [-0.05, 0) is 19.8 Å². The summed E-state index contributed by atoms with van der Waals surface area (Å²) in [5, 5.41) is 3.10. The first-order valence-electron chi connectivity index (χ1n) is 3.62. The van der Waals surface area contributed by atoms with Gasteiger partial charge in [0.25, 0.3) is 0 Å². The molecule has 1 heterocycles. The second-order valence-corrected chi connectivity index (χ2v) is 2.83. The molecule has 0 aromatic carbocycles. The summed E-state index contributed by atoms with van der Waals surface area (Å²) < 4.78 is 0. The molecule has 56 valence electrons. The van der Waals surface area contributed by atoms with Crippen LogP contribution >= 0.6 is 0 Å². The zero-order valence-corrected chi connectivity index (χ0v) is 6.31. The van der Waals surface area contributed by atoms with Crippen LogP contribution in [0.2, 0.25) is 0 Å². The van der Waals surface area contributed by atoms with Gasteiger partial charge < -0.3 is 5.32 Å². The molecule has 0 spiro atoms. The maximum atomic E-state index is 10.8. The monoisotopic (exact) mass is 139 g/mol. The number of nitrogens with one attached hydrogen (secondary N) is 1. The number of ketones is 1. The minimum Gasteiger partial charge on any atom is -0.388 e. The fraction of sp³-hybridized carbons (Fsp3) is 0.625. The average Bonchev–Trinajstić information content (AvgIpc) is 1.88. The Kier molecular flexibility index (Phi) is 2.10. The number of rotatable bonds is 1. The molecule has 0 amide bonds. The summed E-state index contributed by atoms with van der Waals surface area (Å²) >= 11 is 0. The van der Waals surface area contributed by atoms with Crippen molar-refractivity contribution in [2.24, 2.45) is 5.92 Å². The molecular formula is C8H13NO. The highest BCUT2D eigenvalue weighted by molar-refractivity contribution is 5.78. The summed E-state index contributed by atoms with van der Waals surface area (Å²) in [6.45, 7) is 6.22. The third kappa shape index (κ3) is 1.59. The third-order valence-corrected chi connectivity index (χ3v) is 1.97. The molecule has 2 nitrogen and oxygen atoms in total. The summed E-state index contributed by atoms with van der Waals surface area (Å²) in [5.41, 5.74) is 1.07. The molecule has 1 unspecified atom stereocenters. The second-order valence-electron chi connectivity index (χ2n) is 2.83. The minimum atomic E-state index is 0.227. The van der Waals surface area contributed by atoms with Crippen molar-refractivity contribution >= 4 is 5.78 Å². The molecule has 1 fully saturated rings. The van der Waals surface area contributed by atoms with E-state index < -0.39 is 0 Å². The smallest absolute Gasteiger partial charge is 0.134 e. The van der Waals surface area contributed by atoms with E-state index in [-0.39, 0.29) is 5.92 Å². The molecule has 0 saturated carbocycles. The molecule has 0 radical (unpaired) electrons. The molecule has 1 aliphatic rings. The van der Waals surface area contributed by atoms with Crippen LogP contribution in [0.1, 0.15) is 19.8 Å². The molecule has 0 aromatic heterocycles. The predicted octanol–water partition coefficient (Wildman–Crippen LogP) is 1.09. The first kappa shape index (κ1) is 7.32. The molecule has 1 saturated heterocycles. The summed E-state index contributed by atoms with van der Waals surface area (Å²) in [6, 6.07) is 0. The van der Waals surface area contributed by atoms with Crippen molar-refractivity contribution < 1.29 is 4.79 Å². The van der Waals surface area contributed by atoms with Crippen LogP contribution in [0.3, 0.4) is 0 Å². The Morgan fingerprint density at radius 3 is 2.90 bits per heavy atom. The van der Waals surface area contributed by atoms with E-state index in [4.69, 9.17) is 0 Å².